The van der Waals surface area contributed by atoms with Gasteiger partial charge in [-0.15, -0.1) is 0 Å². The lowest BCUT2D eigenvalue weighted by molar-refractivity contribution is -0.130. The fourth-order valence-electron chi connectivity index (χ4n) is 0.944. The predicted octanol–water partition coefficient (Wildman–Crippen LogP) is 2.43. The summed E-state index contributed by atoms with van der Waals surface area (Å²) in [5.41, 5.74) is 1.69. The molecule has 0 radical (unpaired) electrons. The maximum atomic E-state index is 10.5. The fourth-order valence-corrected chi connectivity index (χ4v) is 0.944. The third kappa shape index (κ3) is 2.06. The Kier molecular flexibility index (Phi) is 2.65. The van der Waals surface area contributed by atoms with E-state index in [0.29, 0.717) is 5.56 Å². The number of rotatable bonds is 3. The highest BCUT2D eigenvalue weighted by Crippen LogP contribution is 2.13. The summed E-state index contributed by atoms with van der Waals surface area (Å²) in [5.74, 6) is -0.994. The molecule has 0 fully saturated rings. The van der Waals surface area contributed by atoms with Gasteiger partial charge in [-0.1, -0.05) is 43.5 Å². The summed E-state index contributed by atoms with van der Waals surface area (Å²) >= 11 is 0. The summed E-state index contributed by atoms with van der Waals surface area (Å²) in [6.45, 7) is 7.06. The molecule has 0 aliphatic heterocycles. The quantitative estimate of drug-likeness (QED) is 0.714. The normalized spacial score (nSPS) is 9.23. The molecular formula is C11H10O2. The minimum atomic E-state index is -0.994. The van der Waals surface area contributed by atoms with Gasteiger partial charge >= 0.3 is 5.97 Å². The average molecular weight is 174 g/mol. The van der Waals surface area contributed by atoms with Crippen molar-refractivity contribution in [3.8, 4) is 0 Å². The van der Waals surface area contributed by atoms with Gasteiger partial charge in [0.2, 0.25) is 0 Å². The van der Waals surface area contributed by atoms with Gasteiger partial charge in [0.25, 0.3) is 0 Å². The number of carboxylic acids is 1. The van der Waals surface area contributed by atoms with E-state index in [4.69, 9.17) is 5.11 Å². The molecule has 2 heteroatoms. The van der Waals surface area contributed by atoms with Crippen molar-refractivity contribution >= 4 is 17.6 Å². The highest BCUT2D eigenvalue weighted by atomic mass is 16.4. The van der Waals surface area contributed by atoms with Gasteiger partial charge in [-0.25, -0.2) is 4.79 Å². The smallest absolute Gasteiger partial charge is 0.335 e. The Bertz CT molecular complexity index is 347. The summed E-state index contributed by atoms with van der Waals surface area (Å²) < 4.78 is 0. The third-order valence-electron chi connectivity index (χ3n) is 1.75. The summed E-state index contributed by atoms with van der Waals surface area (Å²) in [6.07, 6.45) is 1.70. The standard InChI is InChI=1S/C11H10O2/c1-3-9-4-6-10(7-5-9)8(2)11(12)13/h3-7H,1-2H2,(H,12,13). The number of carbonyl (C=O) groups is 1. The molecule has 1 rings (SSSR count). The lowest BCUT2D eigenvalue weighted by Gasteiger charge is -2.00. The summed E-state index contributed by atoms with van der Waals surface area (Å²) in [4.78, 5) is 10.5. The zero-order chi connectivity index (χ0) is 9.84. The van der Waals surface area contributed by atoms with Crippen molar-refractivity contribution in [3.63, 3.8) is 0 Å². The number of carboxylic acid groups (broad SMARTS) is 1. The lowest BCUT2D eigenvalue weighted by Crippen LogP contribution is -1.97. The van der Waals surface area contributed by atoms with E-state index in [1.54, 1.807) is 30.3 Å². The van der Waals surface area contributed by atoms with Crippen molar-refractivity contribution in [3.05, 3.63) is 48.6 Å². The van der Waals surface area contributed by atoms with E-state index < -0.39 is 5.97 Å². The van der Waals surface area contributed by atoms with E-state index in [2.05, 4.69) is 13.2 Å². The first kappa shape index (κ1) is 9.26. The Morgan fingerprint density at radius 1 is 1.31 bits per heavy atom. The van der Waals surface area contributed by atoms with Crippen molar-refractivity contribution in [1.29, 1.82) is 0 Å². The zero-order valence-corrected chi connectivity index (χ0v) is 7.16. The van der Waals surface area contributed by atoms with E-state index >= 15 is 0 Å². The molecule has 0 unspecified atom stereocenters. The Morgan fingerprint density at radius 2 is 1.85 bits per heavy atom. The molecule has 0 spiro atoms. The molecule has 2 nitrogen and oxygen atoms in total. The van der Waals surface area contributed by atoms with Gasteiger partial charge in [0.1, 0.15) is 0 Å². The highest BCUT2D eigenvalue weighted by molar-refractivity contribution is 6.14. The van der Waals surface area contributed by atoms with Crippen LogP contribution in [0.2, 0.25) is 0 Å². The molecule has 0 saturated heterocycles. The largest absolute Gasteiger partial charge is 0.478 e. The molecule has 1 aromatic rings. The molecule has 0 aromatic heterocycles. The molecule has 0 heterocycles. The van der Waals surface area contributed by atoms with Crippen molar-refractivity contribution in [2.45, 2.75) is 0 Å². The molecule has 0 aliphatic carbocycles. The molecule has 66 valence electrons. The van der Waals surface area contributed by atoms with E-state index in [-0.39, 0.29) is 5.57 Å². The molecule has 0 bridgehead atoms. The second-order valence-corrected chi connectivity index (χ2v) is 2.61. The second-order valence-electron chi connectivity index (χ2n) is 2.61. The maximum Gasteiger partial charge on any atom is 0.335 e. The Morgan fingerprint density at radius 3 is 2.23 bits per heavy atom. The SMILES string of the molecule is C=Cc1ccc(C(=C)C(=O)O)cc1. The van der Waals surface area contributed by atoms with Crippen LogP contribution in [-0.2, 0) is 4.79 Å². The molecule has 0 amide bonds. The van der Waals surface area contributed by atoms with E-state index in [0.717, 1.165) is 5.56 Å². The predicted molar refractivity (Wildman–Crippen MR) is 53.2 cm³/mol. The molecule has 0 aliphatic rings. The first-order valence-electron chi connectivity index (χ1n) is 3.80. The third-order valence-corrected chi connectivity index (χ3v) is 1.75. The summed E-state index contributed by atoms with van der Waals surface area (Å²) in [7, 11) is 0. The van der Waals surface area contributed by atoms with Gasteiger partial charge in [0.05, 0.1) is 5.57 Å². The van der Waals surface area contributed by atoms with E-state index in [1.807, 2.05) is 0 Å². The first-order valence-corrected chi connectivity index (χ1v) is 3.80. The Hall–Kier alpha value is -1.83. The monoisotopic (exact) mass is 174 g/mol. The van der Waals surface area contributed by atoms with Gasteiger partial charge in [0.15, 0.2) is 0 Å². The van der Waals surface area contributed by atoms with Crippen LogP contribution < -0.4 is 0 Å². The molecule has 1 aromatic carbocycles. The van der Waals surface area contributed by atoms with Crippen molar-refractivity contribution < 1.29 is 9.90 Å². The lowest BCUT2D eigenvalue weighted by atomic mass is 10.1. The summed E-state index contributed by atoms with van der Waals surface area (Å²) in [5, 5.41) is 8.64. The second kappa shape index (κ2) is 3.72. The van der Waals surface area contributed by atoms with Gasteiger partial charge < -0.3 is 5.11 Å². The van der Waals surface area contributed by atoms with Crippen molar-refractivity contribution in [1.82, 2.24) is 0 Å². The van der Waals surface area contributed by atoms with Crippen molar-refractivity contribution in [2.24, 2.45) is 0 Å². The molecule has 0 saturated carbocycles. The Labute approximate surface area is 76.8 Å². The van der Waals surface area contributed by atoms with Crippen LogP contribution in [0.3, 0.4) is 0 Å². The van der Waals surface area contributed by atoms with Crippen LogP contribution in [0.1, 0.15) is 11.1 Å². The van der Waals surface area contributed by atoms with Crippen LogP contribution >= 0.6 is 0 Å². The number of benzene rings is 1. The van der Waals surface area contributed by atoms with Crippen LogP contribution in [0.25, 0.3) is 11.6 Å². The van der Waals surface area contributed by atoms with Gasteiger partial charge in [-0.3, -0.25) is 0 Å². The highest BCUT2D eigenvalue weighted by Gasteiger charge is 2.05. The van der Waals surface area contributed by atoms with Crippen LogP contribution in [0.4, 0.5) is 0 Å². The molecule has 0 atom stereocenters. The number of aliphatic carboxylic acids is 1. The topological polar surface area (TPSA) is 37.3 Å². The van der Waals surface area contributed by atoms with E-state index in [9.17, 15) is 4.79 Å². The molecule has 13 heavy (non-hydrogen) atoms. The maximum absolute atomic E-state index is 10.5. The van der Waals surface area contributed by atoms with Crippen LogP contribution in [0.5, 0.6) is 0 Å². The summed E-state index contributed by atoms with van der Waals surface area (Å²) in [6, 6.07) is 7.04. The van der Waals surface area contributed by atoms with Crippen LogP contribution in [0, 0.1) is 0 Å². The van der Waals surface area contributed by atoms with Crippen molar-refractivity contribution in [2.75, 3.05) is 0 Å². The minimum absolute atomic E-state index is 0.107. The van der Waals surface area contributed by atoms with Crippen LogP contribution in [0.15, 0.2) is 37.4 Å². The average Bonchev–Trinajstić information content (AvgIpc) is 2.17. The Balaban J connectivity index is 2.98. The molecular weight excluding hydrogens is 164 g/mol. The van der Waals surface area contributed by atoms with Gasteiger partial charge in [0, 0.05) is 0 Å². The first-order chi connectivity index (χ1) is 6.15. The minimum Gasteiger partial charge on any atom is -0.478 e. The zero-order valence-electron chi connectivity index (χ0n) is 7.16. The number of hydrogen-bond donors (Lipinski definition) is 1. The van der Waals surface area contributed by atoms with Crippen LogP contribution in [-0.4, -0.2) is 11.1 Å². The van der Waals surface area contributed by atoms with E-state index in [1.165, 1.54) is 0 Å². The van der Waals surface area contributed by atoms with Gasteiger partial charge in [-0.05, 0) is 11.1 Å². The number of hydrogen-bond acceptors (Lipinski definition) is 1. The van der Waals surface area contributed by atoms with Gasteiger partial charge in [-0.2, -0.15) is 0 Å². The fraction of sp³-hybridized carbons (Fsp3) is 0. The molecule has 1 N–H and O–H groups in total.